The molecule has 0 atom stereocenters. The number of rotatable bonds is 7. The molecule has 25 heavy (non-hydrogen) atoms. The van der Waals surface area contributed by atoms with Crippen LogP contribution in [-0.4, -0.2) is 22.4 Å². The summed E-state index contributed by atoms with van der Waals surface area (Å²) in [6.45, 7) is 1.38. The minimum atomic E-state index is -0.535. The molecule has 0 fully saturated rings. The van der Waals surface area contributed by atoms with Crippen LogP contribution in [0.4, 0.5) is 5.82 Å². The number of aromatic nitrogens is 2. The van der Waals surface area contributed by atoms with E-state index in [1.54, 1.807) is 18.2 Å². The number of amides is 1. The fourth-order valence-corrected chi connectivity index (χ4v) is 2.81. The molecule has 1 heterocycles. The van der Waals surface area contributed by atoms with Gasteiger partial charge in [-0.25, -0.2) is 9.97 Å². The zero-order chi connectivity index (χ0) is 17.6. The predicted molar refractivity (Wildman–Crippen MR) is 98.9 cm³/mol. The van der Waals surface area contributed by atoms with Gasteiger partial charge in [0.2, 0.25) is 5.91 Å². The molecule has 0 bridgehead atoms. The van der Waals surface area contributed by atoms with Gasteiger partial charge in [-0.05, 0) is 37.1 Å². The summed E-state index contributed by atoms with van der Waals surface area (Å²) in [5.74, 6) is 0.347. The maximum absolute atomic E-state index is 11.5. The summed E-state index contributed by atoms with van der Waals surface area (Å²) >= 11 is 0. The molecular formula is C19H21N5O. The van der Waals surface area contributed by atoms with Crippen LogP contribution in [0.2, 0.25) is 0 Å². The van der Waals surface area contributed by atoms with Crippen LogP contribution in [0.1, 0.15) is 28.2 Å². The first-order chi connectivity index (χ1) is 12.1. The summed E-state index contributed by atoms with van der Waals surface area (Å²) in [5, 5.41) is 3.85. The Hall–Kier alpha value is -2.99. The Balaban J connectivity index is 1.61. The average Bonchev–Trinajstić information content (AvgIpc) is 2.61. The first-order valence-corrected chi connectivity index (χ1v) is 8.24. The van der Waals surface area contributed by atoms with Crippen LogP contribution < -0.4 is 16.8 Å². The first kappa shape index (κ1) is 16.9. The van der Waals surface area contributed by atoms with E-state index in [1.165, 1.54) is 5.56 Å². The Morgan fingerprint density at radius 3 is 2.60 bits per heavy atom. The Labute approximate surface area is 146 Å². The second kappa shape index (κ2) is 7.72. The number of hydrogen-bond donors (Lipinski definition) is 3. The van der Waals surface area contributed by atoms with Crippen LogP contribution in [0.15, 0.2) is 48.5 Å². The molecule has 0 aliphatic carbocycles. The molecule has 2 aromatic carbocycles. The number of anilines is 1. The van der Waals surface area contributed by atoms with Crippen LogP contribution in [0.25, 0.3) is 10.9 Å². The molecule has 1 aromatic heterocycles. The number of hydrogen-bond acceptors (Lipinski definition) is 5. The molecule has 0 saturated heterocycles. The largest absolute Gasteiger partial charge is 0.383 e. The van der Waals surface area contributed by atoms with Gasteiger partial charge < -0.3 is 16.8 Å². The van der Waals surface area contributed by atoms with E-state index in [4.69, 9.17) is 11.5 Å². The van der Waals surface area contributed by atoms with E-state index in [-0.39, 0.29) is 5.82 Å². The summed E-state index contributed by atoms with van der Waals surface area (Å²) in [7, 11) is 0. The Kier molecular flexibility index (Phi) is 5.20. The van der Waals surface area contributed by atoms with Crippen LogP contribution in [-0.2, 0) is 13.0 Å². The molecule has 0 spiro atoms. The first-order valence-electron chi connectivity index (χ1n) is 8.24. The minimum absolute atomic E-state index is 0.278. The van der Waals surface area contributed by atoms with Crippen molar-refractivity contribution in [3.63, 3.8) is 0 Å². The smallest absolute Gasteiger partial charge is 0.249 e. The van der Waals surface area contributed by atoms with E-state index in [0.29, 0.717) is 28.8 Å². The summed E-state index contributed by atoms with van der Waals surface area (Å²) < 4.78 is 0. The normalized spacial score (nSPS) is 10.9. The molecule has 6 nitrogen and oxygen atoms in total. The molecule has 0 aliphatic rings. The number of fused-ring (bicyclic) bond motifs is 1. The van der Waals surface area contributed by atoms with Gasteiger partial charge in [-0.3, -0.25) is 4.79 Å². The molecule has 3 rings (SSSR count). The minimum Gasteiger partial charge on any atom is -0.383 e. The number of nitrogen functional groups attached to an aromatic ring is 1. The van der Waals surface area contributed by atoms with Crippen molar-refractivity contribution in [2.24, 2.45) is 5.73 Å². The number of carbonyl (C=O) groups excluding carboxylic acids is 1. The van der Waals surface area contributed by atoms with Gasteiger partial charge in [-0.1, -0.05) is 36.4 Å². The Morgan fingerprint density at radius 2 is 1.84 bits per heavy atom. The number of benzene rings is 2. The van der Waals surface area contributed by atoms with Crippen molar-refractivity contribution in [1.82, 2.24) is 15.3 Å². The second-order valence-electron chi connectivity index (χ2n) is 5.85. The van der Waals surface area contributed by atoms with Crippen molar-refractivity contribution >= 4 is 22.6 Å². The summed E-state index contributed by atoms with van der Waals surface area (Å²) in [6, 6.07) is 15.6. The van der Waals surface area contributed by atoms with Crippen LogP contribution in [0, 0.1) is 0 Å². The Morgan fingerprint density at radius 1 is 1.04 bits per heavy atom. The average molecular weight is 335 g/mol. The lowest BCUT2D eigenvalue weighted by Gasteiger charge is -2.09. The zero-order valence-electron chi connectivity index (χ0n) is 13.9. The van der Waals surface area contributed by atoms with Gasteiger partial charge in [-0.2, -0.15) is 0 Å². The van der Waals surface area contributed by atoms with E-state index in [0.717, 1.165) is 19.4 Å². The van der Waals surface area contributed by atoms with E-state index in [9.17, 15) is 4.79 Å². The molecule has 1 amide bonds. The number of aryl methyl sites for hydroxylation is 1. The van der Waals surface area contributed by atoms with E-state index in [2.05, 4.69) is 39.6 Å². The number of primary amides is 1. The van der Waals surface area contributed by atoms with Gasteiger partial charge in [-0.15, -0.1) is 0 Å². The second-order valence-corrected chi connectivity index (χ2v) is 5.85. The highest BCUT2D eigenvalue weighted by atomic mass is 16.1. The standard InChI is InChI=1S/C19H21N5O/c20-18-17-14(19(21)25)9-4-10-15(17)23-16(24-18)12-22-11-5-8-13-6-2-1-3-7-13/h1-4,6-7,9-10,22H,5,8,11-12H2,(H2,21,25)(H2,20,23,24). The van der Waals surface area contributed by atoms with Crippen molar-refractivity contribution in [2.45, 2.75) is 19.4 Å². The van der Waals surface area contributed by atoms with Crippen LogP contribution in [0.5, 0.6) is 0 Å². The van der Waals surface area contributed by atoms with Crippen molar-refractivity contribution < 1.29 is 4.79 Å². The summed E-state index contributed by atoms with van der Waals surface area (Å²) in [5.41, 5.74) is 13.7. The maximum Gasteiger partial charge on any atom is 0.249 e. The molecule has 0 unspecified atom stereocenters. The zero-order valence-corrected chi connectivity index (χ0v) is 13.9. The fraction of sp³-hybridized carbons (Fsp3) is 0.211. The molecule has 0 aliphatic heterocycles. The lowest BCUT2D eigenvalue weighted by atomic mass is 10.1. The molecule has 3 aromatic rings. The van der Waals surface area contributed by atoms with Crippen molar-refractivity contribution in [3.8, 4) is 0 Å². The topological polar surface area (TPSA) is 107 Å². The highest BCUT2D eigenvalue weighted by Crippen LogP contribution is 2.22. The van der Waals surface area contributed by atoms with Crippen molar-refractivity contribution in [3.05, 3.63) is 65.5 Å². The van der Waals surface area contributed by atoms with Crippen molar-refractivity contribution in [2.75, 3.05) is 12.3 Å². The number of carbonyl (C=O) groups is 1. The Bertz CT molecular complexity index is 880. The third kappa shape index (κ3) is 4.10. The van der Waals surface area contributed by atoms with Crippen LogP contribution >= 0.6 is 0 Å². The molecular weight excluding hydrogens is 314 g/mol. The highest BCUT2D eigenvalue weighted by molar-refractivity contribution is 6.08. The van der Waals surface area contributed by atoms with Gasteiger partial charge in [0.25, 0.3) is 0 Å². The summed E-state index contributed by atoms with van der Waals surface area (Å²) in [6.07, 6.45) is 2.05. The third-order valence-corrected chi connectivity index (χ3v) is 4.01. The van der Waals surface area contributed by atoms with E-state index in [1.807, 2.05) is 6.07 Å². The van der Waals surface area contributed by atoms with Crippen LogP contribution in [0.3, 0.4) is 0 Å². The number of nitrogens with one attached hydrogen (secondary N) is 1. The molecule has 128 valence electrons. The number of nitrogens with zero attached hydrogens (tertiary/aromatic N) is 2. The molecule has 6 heteroatoms. The van der Waals surface area contributed by atoms with Gasteiger partial charge in [0.05, 0.1) is 23.0 Å². The monoisotopic (exact) mass is 335 g/mol. The van der Waals surface area contributed by atoms with Gasteiger partial charge >= 0.3 is 0 Å². The van der Waals surface area contributed by atoms with E-state index >= 15 is 0 Å². The van der Waals surface area contributed by atoms with Crippen molar-refractivity contribution in [1.29, 1.82) is 0 Å². The molecule has 0 saturated carbocycles. The lowest BCUT2D eigenvalue weighted by molar-refractivity contribution is 0.100. The molecule has 5 N–H and O–H groups in total. The van der Waals surface area contributed by atoms with Gasteiger partial charge in [0, 0.05) is 0 Å². The quantitative estimate of drug-likeness (QED) is 0.573. The van der Waals surface area contributed by atoms with Gasteiger partial charge in [0.1, 0.15) is 11.6 Å². The number of nitrogens with two attached hydrogens (primary N) is 2. The third-order valence-electron chi connectivity index (χ3n) is 4.01. The van der Waals surface area contributed by atoms with Gasteiger partial charge in [0.15, 0.2) is 0 Å². The summed E-state index contributed by atoms with van der Waals surface area (Å²) in [4.78, 5) is 20.3. The molecule has 0 radical (unpaired) electrons. The lowest BCUT2D eigenvalue weighted by Crippen LogP contribution is -2.18. The predicted octanol–water partition coefficient (Wildman–Crippen LogP) is 2.03. The highest BCUT2D eigenvalue weighted by Gasteiger charge is 2.12. The maximum atomic E-state index is 11.5. The SMILES string of the molecule is NC(=O)c1cccc2nc(CNCCCc3ccccc3)nc(N)c12. The fourth-order valence-electron chi connectivity index (χ4n) is 2.81. The van der Waals surface area contributed by atoms with E-state index < -0.39 is 5.91 Å².